The summed E-state index contributed by atoms with van der Waals surface area (Å²) >= 11 is 12.3. The molecule has 176 valence electrons. The third-order valence-corrected chi connectivity index (χ3v) is 6.94. The van der Waals surface area contributed by atoms with Crippen LogP contribution in [0, 0.1) is 0 Å². The molecule has 0 fully saturated rings. The third kappa shape index (κ3) is 4.83. The lowest BCUT2D eigenvalue weighted by Gasteiger charge is -2.25. The van der Waals surface area contributed by atoms with Gasteiger partial charge in [0.1, 0.15) is 0 Å². The molecule has 3 aromatic carbocycles. The van der Waals surface area contributed by atoms with E-state index in [2.05, 4.69) is 11.1 Å². The minimum Gasteiger partial charge on any atom is -0.465 e. The molecule has 2 heterocycles. The summed E-state index contributed by atoms with van der Waals surface area (Å²) in [7, 11) is 0. The summed E-state index contributed by atoms with van der Waals surface area (Å²) in [6.45, 7) is 0.699. The number of aromatic amines is 1. The fourth-order valence-electron chi connectivity index (χ4n) is 4.69. The number of nitrogens with one attached hydrogen (secondary N) is 1. The van der Waals surface area contributed by atoms with Crippen molar-refractivity contribution < 1.29 is 9.90 Å². The number of benzene rings is 3. The van der Waals surface area contributed by atoms with Crippen molar-refractivity contribution in [1.29, 1.82) is 0 Å². The van der Waals surface area contributed by atoms with Crippen molar-refractivity contribution >= 4 is 45.8 Å². The van der Waals surface area contributed by atoms with Gasteiger partial charge >= 0.3 is 6.09 Å². The predicted octanol–water partition coefficient (Wildman–Crippen LogP) is 6.78. The standard InChI is InChI=1S/C28H22Cl2N2O3/c29-21-6-1-18(2-7-21)27(19-3-8-22(30)9-4-19)20-5-10-25-24(15-20)23(16-26(33)31-25)17-11-13-32(14-12-17)28(34)35/h1-11,15-16,27H,12-14H2,(H,31,33)(H,34,35). The van der Waals surface area contributed by atoms with E-state index in [1.807, 2.05) is 66.7 Å². The van der Waals surface area contributed by atoms with E-state index in [-0.39, 0.29) is 11.5 Å². The van der Waals surface area contributed by atoms with Crippen molar-refractivity contribution in [2.75, 3.05) is 13.1 Å². The van der Waals surface area contributed by atoms with Crippen LogP contribution in [-0.2, 0) is 0 Å². The van der Waals surface area contributed by atoms with Gasteiger partial charge in [-0.05, 0) is 70.6 Å². The summed E-state index contributed by atoms with van der Waals surface area (Å²) in [6, 6.07) is 23.3. The number of pyridine rings is 1. The van der Waals surface area contributed by atoms with E-state index in [1.54, 1.807) is 6.07 Å². The average Bonchev–Trinajstić information content (AvgIpc) is 2.86. The first-order valence-electron chi connectivity index (χ1n) is 11.2. The molecule has 5 nitrogen and oxygen atoms in total. The first kappa shape index (κ1) is 23.2. The Bertz CT molecular complexity index is 1450. The molecule has 1 aliphatic heterocycles. The van der Waals surface area contributed by atoms with E-state index in [1.165, 1.54) is 4.90 Å². The van der Waals surface area contributed by atoms with E-state index < -0.39 is 6.09 Å². The van der Waals surface area contributed by atoms with Crippen LogP contribution in [-0.4, -0.2) is 34.2 Å². The normalized spacial score (nSPS) is 13.8. The van der Waals surface area contributed by atoms with E-state index in [0.717, 1.165) is 38.7 Å². The highest BCUT2D eigenvalue weighted by Gasteiger charge is 2.21. The fourth-order valence-corrected chi connectivity index (χ4v) is 4.94. The Balaban J connectivity index is 1.66. The Morgan fingerprint density at radius 1 is 0.886 bits per heavy atom. The number of halogens is 2. The molecular weight excluding hydrogens is 483 g/mol. The van der Waals surface area contributed by atoms with Crippen LogP contribution >= 0.6 is 23.2 Å². The van der Waals surface area contributed by atoms with Crippen molar-refractivity contribution in [2.24, 2.45) is 0 Å². The first-order valence-corrected chi connectivity index (χ1v) is 12.0. The quantitative estimate of drug-likeness (QED) is 0.300. The number of aromatic nitrogens is 1. The monoisotopic (exact) mass is 504 g/mol. The molecule has 4 aromatic rings. The SMILES string of the molecule is O=C(O)N1CC=C(c2cc(=O)[nH]c3ccc(C(c4ccc(Cl)cc4)c4ccc(Cl)cc4)cc23)CC1. The highest BCUT2D eigenvalue weighted by Crippen LogP contribution is 2.36. The van der Waals surface area contributed by atoms with Gasteiger partial charge in [0.15, 0.2) is 0 Å². The van der Waals surface area contributed by atoms with Gasteiger partial charge in [0.05, 0.1) is 0 Å². The second-order valence-electron chi connectivity index (χ2n) is 8.60. The predicted molar refractivity (Wildman–Crippen MR) is 141 cm³/mol. The second kappa shape index (κ2) is 9.61. The zero-order valence-corrected chi connectivity index (χ0v) is 20.2. The van der Waals surface area contributed by atoms with Gasteiger partial charge in [0.25, 0.3) is 0 Å². The molecule has 35 heavy (non-hydrogen) atoms. The van der Waals surface area contributed by atoms with Crippen molar-refractivity contribution in [3.63, 3.8) is 0 Å². The van der Waals surface area contributed by atoms with Gasteiger partial charge in [0.2, 0.25) is 5.56 Å². The minimum absolute atomic E-state index is 0.0726. The zero-order chi connectivity index (χ0) is 24.5. The highest BCUT2D eigenvalue weighted by molar-refractivity contribution is 6.30. The molecule has 1 amide bonds. The van der Waals surface area contributed by atoms with Crippen molar-refractivity contribution in [1.82, 2.24) is 9.88 Å². The number of amides is 1. The van der Waals surface area contributed by atoms with Gasteiger partial charge in [-0.25, -0.2) is 4.79 Å². The van der Waals surface area contributed by atoms with Crippen molar-refractivity contribution in [2.45, 2.75) is 12.3 Å². The van der Waals surface area contributed by atoms with Crippen LogP contribution in [0.4, 0.5) is 4.79 Å². The molecule has 0 aliphatic carbocycles. The Labute approximate surface area is 212 Å². The van der Waals surface area contributed by atoms with Gasteiger partial charge in [0, 0.05) is 46.0 Å². The molecular formula is C28H22Cl2N2O3. The number of nitrogens with zero attached hydrogens (tertiary/aromatic N) is 1. The topological polar surface area (TPSA) is 73.4 Å². The summed E-state index contributed by atoms with van der Waals surface area (Å²) in [5, 5.41) is 11.5. The number of rotatable bonds is 4. The summed E-state index contributed by atoms with van der Waals surface area (Å²) < 4.78 is 0. The number of carboxylic acid groups (broad SMARTS) is 1. The van der Waals surface area contributed by atoms with E-state index in [9.17, 15) is 14.7 Å². The lowest BCUT2D eigenvalue weighted by atomic mass is 9.84. The van der Waals surface area contributed by atoms with Crippen LogP contribution in [0.2, 0.25) is 10.0 Å². The highest BCUT2D eigenvalue weighted by atomic mass is 35.5. The Morgan fingerprint density at radius 2 is 1.49 bits per heavy atom. The largest absolute Gasteiger partial charge is 0.465 e. The molecule has 7 heteroatoms. The summed E-state index contributed by atoms with van der Waals surface area (Å²) in [5.41, 5.74) is 5.58. The van der Waals surface area contributed by atoms with Gasteiger partial charge in [-0.2, -0.15) is 0 Å². The third-order valence-electron chi connectivity index (χ3n) is 6.43. The molecule has 0 radical (unpaired) electrons. The lowest BCUT2D eigenvalue weighted by Crippen LogP contribution is -2.33. The van der Waals surface area contributed by atoms with Crippen LogP contribution in [0.5, 0.6) is 0 Å². The van der Waals surface area contributed by atoms with Crippen LogP contribution < -0.4 is 5.56 Å². The molecule has 0 saturated carbocycles. The maximum Gasteiger partial charge on any atom is 0.407 e. The number of hydrogen-bond donors (Lipinski definition) is 2. The molecule has 0 bridgehead atoms. The van der Waals surface area contributed by atoms with Gasteiger partial charge in [-0.3, -0.25) is 4.79 Å². The molecule has 0 saturated heterocycles. The smallest absolute Gasteiger partial charge is 0.407 e. The zero-order valence-electron chi connectivity index (χ0n) is 18.7. The molecule has 0 unspecified atom stereocenters. The van der Waals surface area contributed by atoms with Crippen LogP contribution in [0.15, 0.2) is 83.7 Å². The summed E-state index contributed by atoms with van der Waals surface area (Å²) in [5.74, 6) is -0.0726. The second-order valence-corrected chi connectivity index (χ2v) is 9.47. The molecule has 1 aromatic heterocycles. The molecule has 2 N–H and O–H groups in total. The van der Waals surface area contributed by atoms with Gasteiger partial charge < -0.3 is 15.0 Å². The van der Waals surface area contributed by atoms with Gasteiger partial charge in [-0.15, -0.1) is 0 Å². The Hall–Kier alpha value is -3.54. The summed E-state index contributed by atoms with van der Waals surface area (Å²) in [4.78, 5) is 28.1. The molecule has 0 spiro atoms. The Kier molecular flexibility index (Phi) is 6.37. The summed E-state index contributed by atoms with van der Waals surface area (Å²) in [6.07, 6.45) is 1.51. The van der Waals surface area contributed by atoms with Crippen LogP contribution in [0.25, 0.3) is 16.5 Å². The van der Waals surface area contributed by atoms with Crippen LogP contribution in [0.3, 0.4) is 0 Å². The average molecular weight is 505 g/mol. The first-order chi connectivity index (χ1) is 16.9. The van der Waals surface area contributed by atoms with E-state index in [4.69, 9.17) is 23.2 Å². The number of carbonyl (C=O) groups is 1. The van der Waals surface area contributed by atoms with Gasteiger partial charge in [-0.1, -0.05) is 59.6 Å². The maximum atomic E-state index is 12.4. The number of hydrogen-bond acceptors (Lipinski definition) is 2. The number of fused-ring (bicyclic) bond motifs is 1. The Morgan fingerprint density at radius 3 is 2.03 bits per heavy atom. The molecule has 5 rings (SSSR count). The van der Waals surface area contributed by atoms with Crippen LogP contribution in [0.1, 0.15) is 34.6 Å². The minimum atomic E-state index is -0.938. The van der Waals surface area contributed by atoms with Crippen molar-refractivity contribution in [3.8, 4) is 0 Å². The fraction of sp³-hybridized carbons (Fsp3) is 0.143. The van der Waals surface area contributed by atoms with Crippen molar-refractivity contribution in [3.05, 3.63) is 122 Å². The van der Waals surface area contributed by atoms with E-state index >= 15 is 0 Å². The van der Waals surface area contributed by atoms with E-state index in [0.29, 0.717) is 29.6 Å². The number of H-pyrrole nitrogens is 1. The molecule has 0 atom stereocenters. The maximum absolute atomic E-state index is 12.4. The lowest BCUT2D eigenvalue weighted by molar-refractivity contribution is 0.150. The molecule has 1 aliphatic rings.